The van der Waals surface area contributed by atoms with E-state index in [2.05, 4.69) is 5.10 Å². The van der Waals surface area contributed by atoms with Crippen molar-refractivity contribution in [2.45, 2.75) is 32.7 Å². The third-order valence-electron chi connectivity index (χ3n) is 3.98. The van der Waals surface area contributed by atoms with Crippen LogP contribution in [-0.2, 0) is 13.0 Å². The predicted octanol–water partition coefficient (Wildman–Crippen LogP) is 1.72. The molecule has 1 aromatic carbocycles. The quantitative estimate of drug-likeness (QED) is 0.752. The van der Waals surface area contributed by atoms with Gasteiger partial charge >= 0.3 is 0 Å². The molecule has 1 amide bonds. The lowest BCUT2D eigenvalue weighted by atomic mass is 10.1. The Bertz CT molecular complexity index is 728. The first-order valence-electron chi connectivity index (χ1n) is 8.68. The molecular formula is C19H25N3O3. The van der Waals surface area contributed by atoms with Gasteiger partial charge in [-0.1, -0.05) is 43.7 Å². The average Bonchev–Trinajstić information content (AvgIpc) is 2.64. The summed E-state index contributed by atoms with van der Waals surface area (Å²) in [4.78, 5) is 26.1. The summed E-state index contributed by atoms with van der Waals surface area (Å²) in [5.74, 6) is -0.268. The van der Waals surface area contributed by atoms with Crippen LogP contribution < -0.4 is 5.56 Å². The summed E-state index contributed by atoms with van der Waals surface area (Å²) in [5, 5.41) is 13.5. The summed E-state index contributed by atoms with van der Waals surface area (Å²) in [6.07, 6.45) is 2.47. The van der Waals surface area contributed by atoms with Crippen LogP contribution in [0.4, 0.5) is 0 Å². The van der Waals surface area contributed by atoms with Gasteiger partial charge in [-0.25, -0.2) is 4.68 Å². The molecule has 0 atom stereocenters. The van der Waals surface area contributed by atoms with Crippen molar-refractivity contribution in [3.05, 3.63) is 64.1 Å². The van der Waals surface area contributed by atoms with Crippen LogP contribution in [0.15, 0.2) is 47.3 Å². The molecule has 0 radical (unpaired) electrons. The largest absolute Gasteiger partial charge is 0.395 e. The molecule has 0 saturated carbocycles. The fraction of sp³-hybridized carbons (Fsp3) is 0.421. The number of nitrogens with zero attached hydrogens (tertiary/aromatic N) is 3. The number of aliphatic hydroxyl groups is 1. The lowest BCUT2D eigenvalue weighted by molar-refractivity contribution is 0.0715. The number of aliphatic hydroxyl groups excluding tert-OH is 1. The summed E-state index contributed by atoms with van der Waals surface area (Å²) >= 11 is 0. The average molecular weight is 343 g/mol. The van der Waals surface area contributed by atoms with Crippen LogP contribution in [0.25, 0.3) is 0 Å². The minimum Gasteiger partial charge on any atom is -0.395 e. The van der Waals surface area contributed by atoms with Gasteiger partial charge in [-0.05, 0) is 24.5 Å². The predicted molar refractivity (Wildman–Crippen MR) is 96.5 cm³/mol. The molecular weight excluding hydrogens is 318 g/mol. The second-order valence-electron chi connectivity index (χ2n) is 5.88. The molecule has 1 heterocycles. The van der Waals surface area contributed by atoms with E-state index in [-0.39, 0.29) is 30.3 Å². The Morgan fingerprint density at radius 2 is 1.92 bits per heavy atom. The van der Waals surface area contributed by atoms with Gasteiger partial charge in [0.2, 0.25) is 0 Å². The van der Waals surface area contributed by atoms with E-state index in [4.69, 9.17) is 0 Å². The molecule has 25 heavy (non-hydrogen) atoms. The molecule has 1 aromatic heterocycles. The van der Waals surface area contributed by atoms with Gasteiger partial charge in [-0.3, -0.25) is 9.59 Å². The molecule has 2 rings (SSSR count). The Hall–Kier alpha value is -2.47. The number of aromatic nitrogens is 2. The van der Waals surface area contributed by atoms with Gasteiger partial charge in [0.1, 0.15) is 5.69 Å². The first-order chi connectivity index (χ1) is 12.2. The molecule has 1 N–H and O–H groups in total. The maximum atomic E-state index is 12.7. The number of amides is 1. The standard InChI is InChI=1S/C19H25N3O3/c1-2-3-12-22-18(24)10-9-17(20-22)19(25)21(14-15-23)13-11-16-7-5-4-6-8-16/h4-10,23H,2-3,11-15H2,1H3. The van der Waals surface area contributed by atoms with Gasteiger partial charge in [-0.2, -0.15) is 5.10 Å². The number of hydrogen-bond acceptors (Lipinski definition) is 4. The molecule has 0 aliphatic carbocycles. The number of carbonyl (C=O) groups is 1. The molecule has 0 fully saturated rings. The number of carbonyl (C=O) groups excluding carboxylic acids is 1. The summed E-state index contributed by atoms with van der Waals surface area (Å²) < 4.78 is 1.34. The first-order valence-corrected chi connectivity index (χ1v) is 8.68. The van der Waals surface area contributed by atoms with E-state index in [1.165, 1.54) is 16.8 Å². The van der Waals surface area contributed by atoms with Crippen molar-refractivity contribution in [3.8, 4) is 0 Å². The number of rotatable bonds is 9. The molecule has 6 heteroatoms. The van der Waals surface area contributed by atoms with Crippen LogP contribution >= 0.6 is 0 Å². The topological polar surface area (TPSA) is 75.4 Å². The van der Waals surface area contributed by atoms with Crippen LogP contribution in [-0.4, -0.2) is 45.4 Å². The maximum Gasteiger partial charge on any atom is 0.274 e. The molecule has 0 saturated heterocycles. The Morgan fingerprint density at radius 1 is 1.16 bits per heavy atom. The van der Waals surface area contributed by atoms with Crippen LogP contribution in [0.1, 0.15) is 35.8 Å². The smallest absolute Gasteiger partial charge is 0.274 e. The summed E-state index contributed by atoms with van der Waals surface area (Å²) in [7, 11) is 0. The summed E-state index contributed by atoms with van der Waals surface area (Å²) in [6.45, 7) is 3.14. The van der Waals surface area contributed by atoms with Crippen molar-refractivity contribution >= 4 is 5.91 Å². The Balaban J connectivity index is 2.12. The number of unbranched alkanes of at least 4 members (excludes halogenated alkanes) is 1. The van der Waals surface area contributed by atoms with Gasteiger partial charge in [0.15, 0.2) is 0 Å². The van der Waals surface area contributed by atoms with E-state index in [9.17, 15) is 14.7 Å². The highest BCUT2D eigenvalue weighted by Crippen LogP contribution is 2.05. The fourth-order valence-corrected chi connectivity index (χ4v) is 2.54. The highest BCUT2D eigenvalue weighted by Gasteiger charge is 2.17. The van der Waals surface area contributed by atoms with Gasteiger partial charge in [0.05, 0.1) is 6.61 Å². The van der Waals surface area contributed by atoms with E-state index in [1.54, 1.807) is 4.90 Å². The SMILES string of the molecule is CCCCn1nc(C(=O)N(CCO)CCc2ccccc2)ccc1=O. The van der Waals surface area contributed by atoms with Gasteiger partial charge in [0.25, 0.3) is 11.5 Å². The normalized spacial score (nSPS) is 10.6. The molecule has 0 aliphatic rings. The van der Waals surface area contributed by atoms with Crippen LogP contribution in [0, 0.1) is 0 Å². The Labute approximate surface area is 147 Å². The van der Waals surface area contributed by atoms with E-state index < -0.39 is 0 Å². The third-order valence-corrected chi connectivity index (χ3v) is 3.98. The maximum absolute atomic E-state index is 12.7. The molecule has 0 spiro atoms. The van der Waals surface area contributed by atoms with Crippen molar-refractivity contribution in [1.29, 1.82) is 0 Å². The van der Waals surface area contributed by atoms with Crippen molar-refractivity contribution < 1.29 is 9.90 Å². The zero-order chi connectivity index (χ0) is 18.1. The van der Waals surface area contributed by atoms with Crippen LogP contribution in [0.5, 0.6) is 0 Å². The van der Waals surface area contributed by atoms with Crippen molar-refractivity contribution in [2.24, 2.45) is 0 Å². The van der Waals surface area contributed by atoms with Gasteiger partial charge in [0, 0.05) is 25.7 Å². The highest BCUT2D eigenvalue weighted by molar-refractivity contribution is 5.92. The second kappa shape index (κ2) is 9.74. The minimum absolute atomic E-state index is 0.115. The van der Waals surface area contributed by atoms with E-state index in [0.29, 0.717) is 19.5 Å². The zero-order valence-electron chi connectivity index (χ0n) is 14.6. The Kier molecular flexibility index (Phi) is 7.35. The molecule has 0 aliphatic heterocycles. The number of benzene rings is 1. The second-order valence-corrected chi connectivity index (χ2v) is 5.88. The van der Waals surface area contributed by atoms with E-state index in [1.807, 2.05) is 37.3 Å². The first kappa shape index (κ1) is 18.9. The third kappa shape index (κ3) is 5.53. The summed E-state index contributed by atoms with van der Waals surface area (Å²) in [5.41, 5.74) is 1.15. The van der Waals surface area contributed by atoms with E-state index >= 15 is 0 Å². The van der Waals surface area contributed by atoms with E-state index in [0.717, 1.165) is 18.4 Å². The van der Waals surface area contributed by atoms with Gasteiger partial charge in [-0.15, -0.1) is 0 Å². The van der Waals surface area contributed by atoms with Crippen molar-refractivity contribution in [2.75, 3.05) is 19.7 Å². The Morgan fingerprint density at radius 3 is 2.60 bits per heavy atom. The minimum atomic E-state index is -0.268. The van der Waals surface area contributed by atoms with Crippen LogP contribution in [0.3, 0.4) is 0 Å². The molecule has 0 bridgehead atoms. The molecule has 2 aromatic rings. The molecule has 6 nitrogen and oxygen atoms in total. The van der Waals surface area contributed by atoms with Crippen molar-refractivity contribution in [1.82, 2.24) is 14.7 Å². The fourth-order valence-electron chi connectivity index (χ4n) is 2.54. The lowest BCUT2D eigenvalue weighted by Crippen LogP contribution is -2.37. The molecule has 134 valence electrons. The van der Waals surface area contributed by atoms with Crippen LogP contribution in [0.2, 0.25) is 0 Å². The van der Waals surface area contributed by atoms with Crippen molar-refractivity contribution in [3.63, 3.8) is 0 Å². The van der Waals surface area contributed by atoms with Gasteiger partial charge < -0.3 is 10.0 Å². The summed E-state index contributed by atoms with van der Waals surface area (Å²) in [6, 6.07) is 12.7. The molecule has 0 unspecified atom stereocenters. The monoisotopic (exact) mass is 343 g/mol. The zero-order valence-corrected chi connectivity index (χ0v) is 14.6. The highest BCUT2D eigenvalue weighted by atomic mass is 16.3. The number of hydrogen-bond donors (Lipinski definition) is 1. The lowest BCUT2D eigenvalue weighted by Gasteiger charge is -2.21. The number of aryl methyl sites for hydroxylation is 1.